The van der Waals surface area contributed by atoms with E-state index in [1.165, 1.54) is 31.2 Å². The highest BCUT2D eigenvalue weighted by Crippen LogP contribution is 2.36. The molecule has 1 fully saturated rings. The van der Waals surface area contributed by atoms with Crippen LogP contribution in [0.2, 0.25) is 0 Å². The highest BCUT2D eigenvalue weighted by molar-refractivity contribution is 5.85. The number of rotatable bonds is 17. The van der Waals surface area contributed by atoms with Gasteiger partial charge in [0.15, 0.2) is 0 Å². The number of allylic oxidation sites excluding steroid dienone is 2. The molecule has 3 rings (SSSR count). The lowest BCUT2D eigenvalue weighted by Gasteiger charge is -2.19. The van der Waals surface area contributed by atoms with Crippen LogP contribution in [0.15, 0.2) is 72.8 Å². The molecule has 264 valence electrons. The number of esters is 1. The molecule has 1 aliphatic carbocycles. The second-order valence-corrected chi connectivity index (χ2v) is 11.3. The second kappa shape index (κ2) is 18.6. The maximum atomic E-state index is 12.9. The zero-order chi connectivity index (χ0) is 35.3. The Balaban J connectivity index is 1.39. The molecule has 0 heterocycles. The van der Waals surface area contributed by atoms with Crippen molar-refractivity contribution in [3.63, 3.8) is 0 Å². The molecule has 15 heteroatoms. The third-order valence-corrected chi connectivity index (χ3v) is 7.65. The van der Waals surface area contributed by atoms with Crippen molar-refractivity contribution < 1.29 is 62.8 Å². The predicted octanol–water partition coefficient (Wildman–Crippen LogP) is 4.10. The second-order valence-electron chi connectivity index (χ2n) is 11.3. The molecule has 2 aromatic rings. The molecule has 0 spiro atoms. The van der Waals surface area contributed by atoms with Gasteiger partial charge in [-0.2, -0.15) is 13.2 Å². The number of halogens is 3. The Morgan fingerprint density at radius 2 is 1.83 bits per heavy atom. The molecule has 1 saturated carbocycles. The molecule has 0 radical (unpaired) electrons. The van der Waals surface area contributed by atoms with Gasteiger partial charge in [-0.15, -0.1) is 0 Å². The molecule has 0 aromatic heterocycles. The summed E-state index contributed by atoms with van der Waals surface area (Å²) in [5.41, 5.74) is -0.502. The summed E-state index contributed by atoms with van der Waals surface area (Å²) >= 11 is 0. The number of alkyl halides is 3. The minimum Gasteiger partial charge on any atom is -0.491 e. The van der Waals surface area contributed by atoms with Gasteiger partial charge in [0.1, 0.15) is 36.9 Å². The molecule has 48 heavy (non-hydrogen) atoms. The maximum absolute atomic E-state index is 12.9. The number of ether oxygens (including phenoxy) is 2. The lowest BCUT2D eigenvalue weighted by molar-refractivity contribution is -0.497. The number of para-hydroxylation sites is 1. The molecular weight excluding hydrogens is 641 g/mol. The summed E-state index contributed by atoms with van der Waals surface area (Å²) in [7, 11) is 0. The Morgan fingerprint density at radius 3 is 2.56 bits per heavy atom. The Labute approximate surface area is 275 Å². The average molecular weight is 683 g/mol. The van der Waals surface area contributed by atoms with Crippen LogP contribution >= 0.6 is 0 Å². The smallest absolute Gasteiger partial charge is 0.416 e. The van der Waals surface area contributed by atoms with Gasteiger partial charge in [0, 0.05) is 24.3 Å². The summed E-state index contributed by atoms with van der Waals surface area (Å²) in [6, 6.07) is 9.66. The van der Waals surface area contributed by atoms with Crippen LogP contribution in [0.4, 0.5) is 13.2 Å². The van der Waals surface area contributed by atoms with Crippen molar-refractivity contribution in [2.45, 2.75) is 76.2 Å². The quantitative estimate of drug-likeness (QED) is 0.0466. The minimum absolute atomic E-state index is 0.0454. The van der Waals surface area contributed by atoms with Crippen molar-refractivity contribution in [2.75, 3.05) is 6.61 Å². The van der Waals surface area contributed by atoms with Gasteiger partial charge in [-0.1, -0.05) is 48.6 Å². The first-order valence-electron chi connectivity index (χ1n) is 15.3. The molecule has 0 bridgehead atoms. The van der Waals surface area contributed by atoms with Crippen molar-refractivity contribution in [3.05, 3.63) is 84.0 Å². The standard InChI is InChI=1S/C33H41F3N2O10/c1-21(32(43)48-30-13-7-6-9-22(30)19-47-38(44)45)37-31(42)14-5-3-2-4-12-26-27(29(41)18-28(26)40)16-15-24(39)20-46-25-11-8-10-23(17-25)33(34,35)36/h2,4,6-11,13,15-17,21,24,26-29,39-41,44-45H,3,5,12,14,18-20H2,1H3,(H,37,42)/b4-2-,16-15+/t21?,24-,26-,27-,28+,29-/m1/s1. The van der Waals surface area contributed by atoms with E-state index in [4.69, 9.17) is 19.9 Å². The number of amides is 1. The van der Waals surface area contributed by atoms with Crippen LogP contribution in [0.5, 0.6) is 11.5 Å². The fourth-order valence-electron chi connectivity index (χ4n) is 5.13. The molecule has 0 aliphatic heterocycles. The molecule has 6 atom stereocenters. The monoisotopic (exact) mass is 682 g/mol. The van der Waals surface area contributed by atoms with Gasteiger partial charge in [-0.05, 0) is 56.4 Å². The lowest BCUT2D eigenvalue weighted by Crippen LogP contribution is -2.40. The predicted molar refractivity (Wildman–Crippen MR) is 163 cm³/mol. The average Bonchev–Trinajstić information content (AvgIpc) is 3.30. The van der Waals surface area contributed by atoms with E-state index in [9.17, 15) is 38.1 Å². The molecule has 1 amide bonds. The molecule has 12 nitrogen and oxygen atoms in total. The Bertz CT molecular complexity index is 1390. The first-order valence-corrected chi connectivity index (χ1v) is 15.3. The Kier molecular flexibility index (Phi) is 15.0. The van der Waals surface area contributed by atoms with E-state index in [0.29, 0.717) is 24.8 Å². The van der Waals surface area contributed by atoms with E-state index in [1.54, 1.807) is 24.3 Å². The molecular formula is C33H41F3N2O10. The van der Waals surface area contributed by atoms with Gasteiger partial charge in [-0.25, -0.2) is 9.63 Å². The van der Waals surface area contributed by atoms with Gasteiger partial charge in [-0.3, -0.25) is 15.2 Å². The summed E-state index contributed by atoms with van der Waals surface area (Å²) in [5.74, 6) is -1.82. The zero-order valence-electron chi connectivity index (χ0n) is 26.2. The van der Waals surface area contributed by atoms with Crippen molar-refractivity contribution >= 4 is 11.9 Å². The first kappa shape index (κ1) is 38.6. The van der Waals surface area contributed by atoms with Crippen LogP contribution in [0.1, 0.15) is 50.2 Å². The summed E-state index contributed by atoms with van der Waals surface area (Å²) < 4.78 is 49.3. The van der Waals surface area contributed by atoms with Crippen molar-refractivity contribution in [3.8, 4) is 11.5 Å². The van der Waals surface area contributed by atoms with Gasteiger partial charge < -0.3 is 30.1 Å². The topological polar surface area (TPSA) is 178 Å². The number of carbonyl (C=O) groups is 2. The highest BCUT2D eigenvalue weighted by atomic mass is 19.4. The molecule has 1 unspecified atom stereocenters. The van der Waals surface area contributed by atoms with Crippen LogP contribution in [-0.2, 0) is 27.2 Å². The Morgan fingerprint density at radius 1 is 1.08 bits per heavy atom. The maximum Gasteiger partial charge on any atom is 0.416 e. The fourth-order valence-corrected chi connectivity index (χ4v) is 5.13. The number of hydrogen-bond donors (Lipinski definition) is 6. The summed E-state index contributed by atoms with van der Waals surface area (Å²) in [6.07, 6.45) is 1.04. The van der Waals surface area contributed by atoms with E-state index in [0.717, 1.165) is 12.1 Å². The van der Waals surface area contributed by atoms with Crippen molar-refractivity contribution in [1.29, 1.82) is 0 Å². The van der Waals surface area contributed by atoms with Gasteiger partial charge in [0.05, 0.1) is 23.2 Å². The number of aliphatic hydroxyl groups excluding tert-OH is 3. The third-order valence-electron chi connectivity index (χ3n) is 7.65. The number of hydrogen-bond acceptors (Lipinski definition) is 11. The zero-order valence-corrected chi connectivity index (χ0v) is 26.2. The van der Waals surface area contributed by atoms with E-state index in [1.807, 2.05) is 12.2 Å². The van der Waals surface area contributed by atoms with E-state index in [2.05, 4.69) is 10.2 Å². The largest absolute Gasteiger partial charge is 0.491 e. The number of aliphatic hydroxyl groups is 3. The summed E-state index contributed by atoms with van der Waals surface area (Å²) in [6.45, 7) is 0.882. The van der Waals surface area contributed by atoms with Crippen LogP contribution in [0.25, 0.3) is 0 Å². The van der Waals surface area contributed by atoms with Crippen LogP contribution in [0.3, 0.4) is 0 Å². The highest BCUT2D eigenvalue weighted by Gasteiger charge is 2.39. The number of unbranched alkanes of at least 4 members (excludes halogenated alkanes) is 1. The van der Waals surface area contributed by atoms with Crippen LogP contribution in [0, 0.1) is 11.8 Å². The summed E-state index contributed by atoms with van der Waals surface area (Å²) in [4.78, 5) is 29.4. The Hall–Kier alpha value is -3.83. The normalized spacial score (nSPS) is 21.1. The number of carbonyl (C=O) groups excluding carboxylic acids is 2. The van der Waals surface area contributed by atoms with Crippen molar-refractivity contribution in [1.82, 2.24) is 10.7 Å². The third kappa shape index (κ3) is 12.6. The van der Waals surface area contributed by atoms with Gasteiger partial charge >= 0.3 is 12.1 Å². The molecule has 6 N–H and O–H groups in total. The summed E-state index contributed by atoms with van der Waals surface area (Å²) in [5, 5.41) is 50.8. The van der Waals surface area contributed by atoms with Gasteiger partial charge in [0.25, 0.3) is 0 Å². The van der Waals surface area contributed by atoms with Crippen molar-refractivity contribution in [2.24, 2.45) is 11.8 Å². The lowest BCUT2D eigenvalue weighted by atomic mass is 9.89. The molecule has 1 aliphatic rings. The minimum atomic E-state index is -4.52. The molecule has 2 aromatic carbocycles. The van der Waals surface area contributed by atoms with E-state index >= 15 is 0 Å². The number of benzene rings is 2. The van der Waals surface area contributed by atoms with E-state index < -0.39 is 53.4 Å². The number of nitrogens with one attached hydrogen (secondary N) is 1. The SMILES string of the molecule is CC(NC(=O)CCC/C=C\C[C@@H]1[C@@H](/C=C/[C@@H](O)COc2cccc(C(F)(F)F)c2)[C@H](O)C[C@@H]1O)C(=O)Oc1ccccc1CON(O)O. The first-order chi connectivity index (χ1) is 22.7. The number of nitrogens with zero attached hydrogens (tertiary/aromatic N) is 1. The van der Waals surface area contributed by atoms with Gasteiger partial charge in [0.2, 0.25) is 5.91 Å². The fraction of sp³-hybridized carbons (Fsp3) is 0.455. The van der Waals surface area contributed by atoms with E-state index in [-0.39, 0.29) is 49.4 Å². The molecule has 0 saturated heterocycles. The van der Waals surface area contributed by atoms with Crippen LogP contribution in [-0.4, -0.2) is 74.0 Å². The van der Waals surface area contributed by atoms with Crippen LogP contribution < -0.4 is 14.8 Å².